The highest BCUT2D eigenvalue weighted by Crippen LogP contribution is 2.29. The summed E-state index contributed by atoms with van der Waals surface area (Å²) in [6, 6.07) is 16.4. The molecule has 3 N–H and O–H groups in total. The van der Waals surface area contributed by atoms with Crippen LogP contribution in [0.5, 0.6) is 0 Å². The Morgan fingerprint density at radius 2 is 1.74 bits per heavy atom. The third kappa shape index (κ3) is 7.98. The number of urea groups is 1. The van der Waals surface area contributed by atoms with E-state index in [0.717, 1.165) is 24.0 Å². The van der Waals surface area contributed by atoms with Crippen molar-refractivity contribution in [1.29, 1.82) is 0 Å². The molecule has 11 heteroatoms. The molecule has 1 saturated heterocycles. The second-order valence-corrected chi connectivity index (χ2v) is 12.9. The molecule has 1 unspecified atom stereocenters. The number of nitrogens with zero attached hydrogens (tertiary/aromatic N) is 3. The van der Waals surface area contributed by atoms with Gasteiger partial charge in [0.2, 0.25) is 0 Å². The summed E-state index contributed by atoms with van der Waals surface area (Å²) in [4.78, 5) is 32.3. The number of nitrogens with one attached hydrogen (secondary N) is 2. The summed E-state index contributed by atoms with van der Waals surface area (Å²) >= 11 is 0. The van der Waals surface area contributed by atoms with Gasteiger partial charge in [0, 0.05) is 42.4 Å². The second kappa shape index (κ2) is 14.1. The molecular formula is C32H39N5O5S. The lowest BCUT2D eigenvalue weighted by Gasteiger charge is -2.18. The topological polar surface area (TPSA) is 132 Å². The zero-order chi connectivity index (χ0) is 30.2. The number of rotatable bonds is 14. The molecule has 1 atom stereocenters. The maximum atomic E-state index is 13.0. The van der Waals surface area contributed by atoms with Gasteiger partial charge < -0.3 is 10.4 Å². The van der Waals surface area contributed by atoms with E-state index in [4.69, 9.17) is 0 Å². The summed E-state index contributed by atoms with van der Waals surface area (Å²) in [5.74, 6) is 0.480. The van der Waals surface area contributed by atoms with E-state index in [1.807, 2.05) is 18.2 Å². The molecule has 0 radical (unpaired) electrons. The van der Waals surface area contributed by atoms with Crippen molar-refractivity contribution in [3.8, 4) is 0 Å². The Balaban J connectivity index is 1.09. The van der Waals surface area contributed by atoms with Crippen LogP contribution in [0.4, 0.5) is 16.2 Å². The Kier molecular flexibility index (Phi) is 10.1. The van der Waals surface area contributed by atoms with Gasteiger partial charge in [-0.15, -0.1) is 0 Å². The lowest BCUT2D eigenvalue weighted by molar-refractivity contribution is -0.124. The molecule has 1 aliphatic carbocycles. The summed E-state index contributed by atoms with van der Waals surface area (Å²) in [5.41, 5.74) is 2.70. The number of aromatic nitrogens is 1. The van der Waals surface area contributed by atoms with Crippen LogP contribution in [-0.4, -0.2) is 61.5 Å². The lowest BCUT2D eigenvalue weighted by atomic mass is 10.0. The van der Waals surface area contributed by atoms with Crippen molar-refractivity contribution in [3.63, 3.8) is 0 Å². The van der Waals surface area contributed by atoms with Gasteiger partial charge in [-0.25, -0.2) is 13.2 Å². The molecule has 0 spiro atoms. The molecule has 1 aromatic heterocycles. The van der Waals surface area contributed by atoms with Crippen LogP contribution in [0.15, 0.2) is 78.0 Å². The largest absolute Gasteiger partial charge is 0.387 e. The molecule has 10 nitrogen and oxygen atoms in total. The molecule has 1 saturated carbocycles. The standard InChI is InChI=1S/C32H39N5O5S/c38-30(26-8-3-18-33-21-26)22-34-19-17-25-9-11-27(12-10-25)35-43(41,42)29-15-13-28(14-16-29)37-23-31(39)36(32(37)40)20-4-7-24-5-1-2-6-24/h3,8-16,18,21,24,30,34-35,38H,1-2,4-7,17,19-20,22-23H2. The van der Waals surface area contributed by atoms with Gasteiger partial charge in [0.05, 0.1) is 11.0 Å². The van der Waals surface area contributed by atoms with E-state index < -0.39 is 16.1 Å². The summed E-state index contributed by atoms with van der Waals surface area (Å²) in [6.45, 7) is 1.44. The highest BCUT2D eigenvalue weighted by Gasteiger charge is 2.36. The number of hydrogen-bond donors (Lipinski definition) is 3. The number of benzene rings is 2. The van der Waals surface area contributed by atoms with Crippen molar-refractivity contribution in [2.75, 3.05) is 35.8 Å². The molecule has 2 aliphatic rings. The Hall–Kier alpha value is -3.80. The van der Waals surface area contributed by atoms with Crippen LogP contribution in [0.3, 0.4) is 0 Å². The molecule has 2 heterocycles. The monoisotopic (exact) mass is 605 g/mol. The number of pyridine rings is 1. The van der Waals surface area contributed by atoms with Crippen molar-refractivity contribution in [1.82, 2.24) is 15.2 Å². The molecule has 0 bridgehead atoms. The van der Waals surface area contributed by atoms with Crippen molar-refractivity contribution in [2.45, 2.75) is 55.9 Å². The van der Waals surface area contributed by atoms with Crippen LogP contribution in [0, 0.1) is 5.92 Å². The van der Waals surface area contributed by atoms with Gasteiger partial charge in [0.1, 0.15) is 6.54 Å². The number of carbonyl (C=O) groups excluding carboxylic acids is 2. The van der Waals surface area contributed by atoms with Crippen molar-refractivity contribution in [2.24, 2.45) is 5.92 Å². The quantitative estimate of drug-likeness (QED) is 0.182. The maximum absolute atomic E-state index is 13.0. The number of carbonyl (C=O) groups is 2. The van der Waals surface area contributed by atoms with Crippen LogP contribution in [0.1, 0.15) is 55.8 Å². The minimum absolute atomic E-state index is 0.0421. The molecule has 5 rings (SSSR count). The van der Waals surface area contributed by atoms with Crippen LogP contribution in [-0.2, 0) is 21.2 Å². The summed E-state index contributed by atoms with van der Waals surface area (Å²) < 4.78 is 28.6. The van der Waals surface area contributed by atoms with Gasteiger partial charge in [-0.3, -0.25) is 24.3 Å². The highest BCUT2D eigenvalue weighted by atomic mass is 32.2. The first-order valence-electron chi connectivity index (χ1n) is 14.9. The van der Waals surface area contributed by atoms with Gasteiger partial charge in [0.15, 0.2) is 0 Å². The van der Waals surface area contributed by atoms with E-state index in [1.54, 1.807) is 42.7 Å². The van der Waals surface area contributed by atoms with Gasteiger partial charge in [-0.2, -0.15) is 0 Å². The van der Waals surface area contributed by atoms with Crippen molar-refractivity contribution < 1.29 is 23.1 Å². The molecule has 2 aromatic carbocycles. The van der Waals surface area contributed by atoms with E-state index in [1.165, 1.54) is 47.6 Å². The van der Waals surface area contributed by atoms with Crippen LogP contribution >= 0.6 is 0 Å². The van der Waals surface area contributed by atoms with Crippen LogP contribution in [0.25, 0.3) is 0 Å². The number of aliphatic hydroxyl groups is 1. The van der Waals surface area contributed by atoms with E-state index in [9.17, 15) is 23.1 Å². The molecule has 1 aliphatic heterocycles. The van der Waals surface area contributed by atoms with Crippen molar-refractivity contribution in [3.05, 3.63) is 84.2 Å². The van der Waals surface area contributed by atoms with E-state index in [-0.39, 0.29) is 23.4 Å². The predicted octanol–water partition coefficient (Wildman–Crippen LogP) is 4.49. The molecular weight excluding hydrogens is 566 g/mol. The Morgan fingerprint density at radius 1 is 1.00 bits per heavy atom. The fraction of sp³-hybridized carbons (Fsp3) is 0.406. The molecule has 228 valence electrons. The average molecular weight is 606 g/mol. The molecule has 2 fully saturated rings. The number of aliphatic hydroxyl groups excluding tert-OH is 1. The Labute approximate surface area is 253 Å². The zero-order valence-electron chi connectivity index (χ0n) is 24.2. The fourth-order valence-electron chi connectivity index (χ4n) is 5.72. The number of sulfonamides is 1. The molecule has 3 amide bonds. The van der Waals surface area contributed by atoms with Crippen molar-refractivity contribution >= 4 is 33.3 Å². The van der Waals surface area contributed by atoms with Crippen LogP contribution in [0.2, 0.25) is 0 Å². The lowest BCUT2D eigenvalue weighted by Crippen LogP contribution is -2.34. The third-order valence-corrected chi connectivity index (χ3v) is 9.58. The second-order valence-electron chi connectivity index (χ2n) is 11.3. The first kappa shape index (κ1) is 30.7. The van der Waals surface area contributed by atoms with E-state index in [2.05, 4.69) is 15.0 Å². The van der Waals surface area contributed by atoms with Gasteiger partial charge in [0.25, 0.3) is 15.9 Å². The third-order valence-electron chi connectivity index (χ3n) is 8.19. The normalized spacial score (nSPS) is 16.7. The average Bonchev–Trinajstić information content (AvgIpc) is 3.64. The zero-order valence-corrected chi connectivity index (χ0v) is 25.0. The first-order chi connectivity index (χ1) is 20.8. The number of hydrogen-bond acceptors (Lipinski definition) is 7. The van der Waals surface area contributed by atoms with E-state index in [0.29, 0.717) is 43.3 Å². The summed E-state index contributed by atoms with van der Waals surface area (Å²) in [6.07, 6.45) is 10.3. The SMILES string of the molecule is O=C1CN(c2ccc(S(=O)(=O)Nc3ccc(CCNCC(O)c4cccnc4)cc3)cc2)C(=O)N1CCCC1CCCC1. The Bertz CT molecular complexity index is 1480. The number of amides is 3. The minimum atomic E-state index is -3.85. The fourth-order valence-corrected chi connectivity index (χ4v) is 6.78. The first-order valence-corrected chi connectivity index (χ1v) is 16.4. The smallest absolute Gasteiger partial charge is 0.331 e. The van der Waals surface area contributed by atoms with Gasteiger partial charge in [-0.05, 0) is 79.8 Å². The van der Waals surface area contributed by atoms with Crippen LogP contribution < -0.4 is 14.9 Å². The van der Waals surface area contributed by atoms with Gasteiger partial charge in [-0.1, -0.05) is 43.9 Å². The number of imide groups is 1. The number of anilines is 2. The Morgan fingerprint density at radius 3 is 2.44 bits per heavy atom. The highest BCUT2D eigenvalue weighted by molar-refractivity contribution is 7.92. The molecule has 3 aromatic rings. The predicted molar refractivity (Wildman–Crippen MR) is 165 cm³/mol. The maximum Gasteiger partial charge on any atom is 0.331 e. The summed E-state index contributed by atoms with van der Waals surface area (Å²) in [7, 11) is -3.85. The van der Waals surface area contributed by atoms with Gasteiger partial charge >= 0.3 is 6.03 Å². The summed E-state index contributed by atoms with van der Waals surface area (Å²) in [5, 5.41) is 13.4. The van der Waals surface area contributed by atoms with E-state index >= 15 is 0 Å². The molecule has 43 heavy (non-hydrogen) atoms. The minimum Gasteiger partial charge on any atom is -0.387 e.